The summed E-state index contributed by atoms with van der Waals surface area (Å²) >= 11 is 0. The molecule has 1 aromatic rings. The van der Waals surface area contributed by atoms with Crippen LogP contribution in [0.15, 0.2) is 24.5 Å². The van der Waals surface area contributed by atoms with Crippen LogP contribution in [0, 0.1) is 0 Å². The maximum Gasteiger partial charge on any atom is 0.0219 e. The molecular formula is C8H13N. The fourth-order valence-corrected chi connectivity index (χ4v) is 0.860. The summed E-state index contributed by atoms with van der Waals surface area (Å²) < 4.78 is 2.21. The Morgan fingerprint density at radius 1 is 1.22 bits per heavy atom. The Morgan fingerprint density at radius 3 is 2.44 bits per heavy atom. The van der Waals surface area contributed by atoms with E-state index in [0.29, 0.717) is 0 Å². The van der Waals surface area contributed by atoms with Gasteiger partial charge in [-0.1, -0.05) is 13.3 Å². The normalized spacial score (nSPS) is 9.89. The third-order valence-electron chi connectivity index (χ3n) is 1.44. The van der Waals surface area contributed by atoms with Gasteiger partial charge in [-0.2, -0.15) is 0 Å². The van der Waals surface area contributed by atoms with E-state index in [1.807, 2.05) is 0 Å². The van der Waals surface area contributed by atoms with Gasteiger partial charge in [0.25, 0.3) is 0 Å². The molecule has 1 heterocycles. The summed E-state index contributed by atoms with van der Waals surface area (Å²) in [7, 11) is 0. The van der Waals surface area contributed by atoms with Crippen molar-refractivity contribution in [2.75, 3.05) is 0 Å². The van der Waals surface area contributed by atoms with Gasteiger partial charge in [-0.25, -0.2) is 0 Å². The van der Waals surface area contributed by atoms with Gasteiger partial charge >= 0.3 is 0 Å². The van der Waals surface area contributed by atoms with E-state index < -0.39 is 0 Å². The summed E-state index contributed by atoms with van der Waals surface area (Å²) in [5.41, 5.74) is 0. The van der Waals surface area contributed by atoms with E-state index in [0.717, 1.165) is 0 Å². The molecule has 50 valence electrons. The third kappa shape index (κ3) is 1.92. The minimum Gasteiger partial charge on any atom is -0.354 e. The smallest absolute Gasteiger partial charge is 0.0219 e. The predicted octanol–water partition coefficient (Wildman–Crippen LogP) is 2.29. The SMILES string of the molecule is CCCCn1cccc1. The highest BCUT2D eigenvalue weighted by Crippen LogP contribution is 1.94. The van der Waals surface area contributed by atoms with E-state index in [-0.39, 0.29) is 0 Å². The summed E-state index contributed by atoms with van der Waals surface area (Å²) in [5.74, 6) is 0. The van der Waals surface area contributed by atoms with Gasteiger partial charge in [0, 0.05) is 18.9 Å². The van der Waals surface area contributed by atoms with Gasteiger partial charge in [0.05, 0.1) is 0 Å². The first-order chi connectivity index (χ1) is 4.43. The highest BCUT2D eigenvalue weighted by molar-refractivity contribution is 4.89. The van der Waals surface area contributed by atoms with Gasteiger partial charge in [0.1, 0.15) is 0 Å². The van der Waals surface area contributed by atoms with E-state index in [4.69, 9.17) is 0 Å². The summed E-state index contributed by atoms with van der Waals surface area (Å²) in [5, 5.41) is 0. The number of rotatable bonds is 3. The Hall–Kier alpha value is -0.720. The van der Waals surface area contributed by atoms with Crippen LogP contribution in [0.1, 0.15) is 19.8 Å². The van der Waals surface area contributed by atoms with Crippen molar-refractivity contribution in [3.63, 3.8) is 0 Å². The van der Waals surface area contributed by atoms with Crippen molar-refractivity contribution in [2.24, 2.45) is 0 Å². The fraction of sp³-hybridized carbons (Fsp3) is 0.500. The first-order valence-electron chi connectivity index (χ1n) is 3.54. The number of hydrogen-bond donors (Lipinski definition) is 0. The Morgan fingerprint density at radius 2 is 1.89 bits per heavy atom. The highest BCUT2D eigenvalue weighted by Gasteiger charge is 1.84. The molecule has 0 unspecified atom stereocenters. The molecule has 0 radical (unpaired) electrons. The lowest BCUT2D eigenvalue weighted by Crippen LogP contribution is -1.91. The zero-order valence-electron chi connectivity index (χ0n) is 5.88. The van der Waals surface area contributed by atoms with E-state index in [1.54, 1.807) is 0 Å². The number of hydrogen-bond acceptors (Lipinski definition) is 0. The molecule has 0 fully saturated rings. The van der Waals surface area contributed by atoms with E-state index in [1.165, 1.54) is 19.4 Å². The molecule has 0 amide bonds. The molecule has 1 heteroatoms. The second-order valence-corrected chi connectivity index (χ2v) is 2.27. The van der Waals surface area contributed by atoms with Crippen LogP contribution in [-0.2, 0) is 6.54 Å². The van der Waals surface area contributed by atoms with E-state index >= 15 is 0 Å². The maximum absolute atomic E-state index is 2.21. The van der Waals surface area contributed by atoms with Gasteiger partial charge in [0.15, 0.2) is 0 Å². The van der Waals surface area contributed by atoms with Gasteiger partial charge in [-0.3, -0.25) is 0 Å². The first-order valence-corrected chi connectivity index (χ1v) is 3.54. The molecule has 9 heavy (non-hydrogen) atoms. The standard InChI is InChI=1S/C8H13N/c1-2-3-6-9-7-4-5-8-9/h4-5,7-8H,2-3,6H2,1H3. The topological polar surface area (TPSA) is 4.93 Å². The van der Waals surface area contributed by atoms with Gasteiger partial charge in [-0.15, -0.1) is 0 Å². The summed E-state index contributed by atoms with van der Waals surface area (Å²) in [4.78, 5) is 0. The minimum absolute atomic E-state index is 1.17. The molecular weight excluding hydrogens is 110 g/mol. The van der Waals surface area contributed by atoms with Gasteiger partial charge in [-0.05, 0) is 18.6 Å². The number of unbranched alkanes of at least 4 members (excludes halogenated alkanes) is 1. The van der Waals surface area contributed by atoms with Crippen LogP contribution in [-0.4, -0.2) is 4.57 Å². The summed E-state index contributed by atoms with van der Waals surface area (Å²) in [6, 6.07) is 4.13. The molecule has 0 bridgehead atoms. The Labute approximate surface area is 56.3 Å². The summed E-state index contributed by atoms with van der Waals surface area (Å²) in [6.45, 7) is 3.38. The van der Waals surface area contributed by atoms with Crippen molar-refractivity contribution in [1.82, 2.24) is 4.57 Å². The van der Waals surface area contributed by atoms with Crippen molar-refractivity contribution in [1.29, 1.82) is 0 Å². The van der Waals surface area contributed by atoms with Crippen molar-refractivity contribution in [2.45, 2.75) is 26.3 Å². The largest absolute Gasteiger partial charge is 0.354 e. The molecule has 0 aliphatic rings. The molecule has 1 aromatic heterocycles. The Balaban J connectivity index is 2.30. The molecule has 0 saturated heterocycles. The van der Waals surface area contributed by atoms with Crippen molar-refractivity contribution in [3.8, 4) is 0 Å². The second kappa shape index (κ2) is 3.33. The lowest BCUT2D eigenvalue weighted by Gasteiger charge is -1.97. The number of nitrogens with zero attached hydrogens (tertiary/aromatic N) is 1. The molecule has 0 aliphatic carbocycles. The zero-order chi connectivity index (χ0) is 6.53. The second-order valence-electron chi connectivity index (χ2n) is 2.27. The lowest BCUT2D eigenvalue weighted by molar-refractivity contribution is 0.635. The van der Waals surface area contributed by atoms with Crippen LogP contribution < -0.4 is 0 Å². The van der Waals surface area contributed by atoms with Gasteiger partial charge in [0.2, 0.25) is 0 Å². The van der Waals surface area contributed by atoms with E-state index in [2.05, 4.69) is 36.0 Å². The maximum atomic E-state index is 2.21. The Bertz CT molecular complexity index is 142. The molecule has 0 aliphatic heterocycles. The average Bonchev–Trinajstić information content (AvgIpc) is 2.34. The van der Waals surface area contributed by atoms with Crippen LogP contribution in [0.2, 0.25) is 0 Å². The molecule has 0 saturated carbocycles. The Kier molecular flexibility index (Phi) is 2.37. The molecule has 0 atom stereocenters. The van der Waals surface area contributed by atoms with Crippen molar-refractivity contribution in [3.05, 3.63) is 24.5 Å². The number of aryl methyl sites for hydroxylation is 1. The van der Waals surface area contributed by atoms with Crippen LogP contribution in [0.3, 0.4) is 0 Å². The van der Waals surface area contributed by atoms with Crippen LogP contribution >= 0.6 is 0 Å². The fourth-order valence-electron chi connectivity index (χ4n) is 0.860. The molecule has 0 N–H and O–H groups in total. The quantitative estimate of drug-likeness (QED) is 0.581. The van der Waals surface area contributed by atoms with Crippen LogP contribution in [0.5, 0.6) is 0 Å². The van der Waals surface area contributed by atoms with Crippen molar-refractivity contribution >= 4 is 0 Å². The zero-order valence-corrected chi connectivity index (χ0v) is 5.88. The molecule has 0 aromatic carbocycles. The van der Waals surface area contributed by atoms with Crippen LogP contribution in [0.25, 0.3) is 0 Å². The van der Waals surface area contributed by atoms with E-state index in [9.17, 15) is 0 Å². The lowest BCUT2D eigenvalue weighted by atomic mass is 10.3. The highest BCUT2D eigenvalue weighted by atomic mass is 14.9. The molecule has 1 nitrogen and oxygen atoms in total. The summed E-state index contributed by atoms with van der Waals surface area (Å²) in [6.07, 6.45) is 6.78. The molecule has 1 rings (SSSR count). The molecule has 0 spiro atoms. The third-order valence-corrected chi connectivity index (χ3v) is 1.44. The predicted molar refractivity (Wildman–Crippen MR) is 39.3 cm³/mol. The monoisotopic (exact) mass is 123 g/mol. The van der Waals surface area contributed by atoms with Crippen LogP contribution in [0.4, 0.5) is 0 Å². The van der Waals surface area contributed by atoms with Crippen molar-refractivity contribution < 1.29 is 0 Å². The first kappa shape index (κ1) is 6.40. The average molecular weight is 123 g/mol. The minimum atomic E-state index is 1.17. The van der Waals surface area contributed by atoms with Gasteiger partial charge < -0.3 is 4.57 Å². The number of aromatic nitrogens is 1.